The van der Waals surface area contributed by atoms with Crippen LogP contribution in [0.4, 0.5) is 0 Å². The van der Waals surface area contributed by atoms with Crippen LogP contribution in [0.2, 0.25) is 0 Å². The quantitative estimate of drug-likeness (QED) is 0.290. The molecule has 0 N–H and O–H groups in total. The largest absolute Gasteiger partial charge is 0.469 e. The van der Waals surface area contributed by atoms with Crippen molar-refractivity contribution in [2.24, 2.45) is 0 Å². The van der Waals surface area contributed by atoms with E-state index >= 15 is 0 Å². The second-order valence-corrected chi connectivity index (χ2v) is 10.3. The van der Waals surface area contributed by atoms with Crippen molar-refractivity contribution in [2.75, 3.05) is 52.5 Å². The first-order valence-electron chi connectivity index (χ1n) is 12.4. The zero-order chi connectivity index (χ0) is 23.7. The number of ether oxygens (including phenoxy) is 3. The highest BCUT2D eigenvalue weighted by molar-refractivity contribution is 6.14. The number of benzene rings is 1. The second kappa shape index (κ2) is 12.0. The van der Waals surface area contributed by atoms with Crippen molar-refractivity contribution in [1.82, 2.24) is 9.80 Å². The summed E-state index contributed by atoms with van der Waals surface area (Å²) in [7, 11) is 1.88. The maximum Gasteiger partial charge on any atom is 0.307 e. The molecule has 1 aromatic rings. The van der Waals surface area contributed by atoms with Gasteiger partial charge in [0.25, 0.3) is 0 Å². The molecule has 0 atom stereocenters. The maximum absolute atomic E-state index is 11.7. The summed E-state index contributed by atoms with van der Waals surface area (Å²) in [5, 5.41) is 0. The van der Waals surface area contributed by atoms with Gasteiger partial charge in [-0.3, -0.25) is 4.79 Å². The minimum absolute atomic E-state index is 0.0202. The molecule has 0 radical (unpaired) electrons. The first-order chi connectivity index (χ1) is 15.8. The van der Waals surface area contributed by atoms with Crippen LogP contribution in [0.15, 0.2) is 37.0 Å². The molecule has 33 heavy (non-hydrogen) atoms. The summed E-state index contributed by atoms with van der Waals surface area (Å²) in [6.45, 7) is 14.7. The molecule has 3 rings (SSSR count). The average Bonchev–Trinajstić information content (AvgIpc) is 2.78. The Balaban J connectivity index is 1.33. The van der Waals surface area contributed by atoms with Gasteiger partial charge in [0.2, 0.25) is 0 Å². The third-order valence-corrected chi connectivity index (χ3v) is 6.42. The molecule has 6 nitrogen and oxygen atoms in total. The van der Waals surface area contributed by atoms with Crippen molar-refractivity contribution >= 4 is 13.8 Å². The maximum atomic E-state index is 11.7. The molecule has 0 aromatic heterocycles. The lowest BCUT2D eigenvalue weighted by Gasteiger charge is -2.47. The minimum atomic E-state index is -0.441. The van der Waals surface area contributed by atoms with Gasteiger partial charge in [-0.25, -0.2) is 0 Å². The van der Waals surface area contributed by atoms with Gasteiger partial charge in [-0.05, 0) is 56.9 Å². The summed E-state index contributed by atoms with van der Waals surface area (Å²) in [4.78, 5) is 16.6. The van der Waals surface area contributed by atoms with Crippen LogP contribution in [0.5, 0.6) is 0 Å². The van der Waals surface area contributed by atoms with Crippen LogP contribution in [-0.2, 0) is 31.8 Å². The van der Waals surface area contributed by atoms with E-state index in [0.29, 0.717) is 19.6 Å². The number of nitrogens with zero attached hydrogens (tertiary/aromatic N) is 2. The van der Waals surface area contributed by atoms with Gasteiger partial charge in [0.15, 0.2) is 7.85 Å². The van der Waals surface area contributed by atoms with Gasteiger partial charge in [-0.1, -0.05) is 30.8 Å². The molecule has 7 heteroatoms. The fourth-order valence-corrected chi connectivity index (χ4v) is 4.58. The SMILES string of the molecule is BC(C)(C)OC(=O)CCOCCc1cccc(CCN2CCC3(CC2)CN(C=C)CCO3)c1. The highest BCUT2D eigenvalue weighted by atomic mass is 16.6. The van der Waals surface area contributed by atoms with E-state index in [1.54, 1.807) is 0 Å². The molecule has 2 aliphatic heterocycles. The van der Waals surface area contributed by atoms with Crippen molar-refractivity contribution in [1.29, 1.82) is 0 Å². The summed E-state index contributed by atoms with van der Waals surface area (Å²) in [5.41, 5.74) is 2.23. The molecule has 0 saturated carbocycles. The number of carbonyl (C=O) groups excluding carboxylic acids is 1. The Hall–Kier alpha value is -1.83. The fourth-order valence-electron chi connectivity index (χ4n) is 4.58. The molecule has 0 unspecified atom stereocenters. The molecule has 182 valence electrons. The van der Waals surface area contributed by atoms with Crippen molar-refractivity contribution in [3.63, 3.8) is 0 Å². The molecule has 2 aliphatic rings. The standard InChI is InChI=1S/C26H41BN2O4/c1-4-28-16-19-32-26(21-28)11-14-29(15-12-26)13-8-22-6-5-7-23(20-22)9-17-31-18-10-24(30)33-25(2,3)27/h4-7,20H,1,8-19,21,27H2,2-3H3. The van der Waals surface area contributed by atoms with Gasteiger partial charge < -0.3 is 24.0 Å². The predicted octanol–water partition coefficient (Wildman–Crippen LogP) is 2.40. The second-order valence-electron chi connectivity index (χ2n) is 10.3. The van der Waals surface area contributed by atoms with E-state index in [4.69, 9.17) is 14.2 Å². The Morgan fingerprint density at radius 1 is 1.21 bits per heavy atom. The molecular weight excluding hydrogens is 415 g/mol. The van der Waals surface area contributed by atoms with Gasteiger partial charge in [-0.2, -0.15) is 0 Å². The average molecular weight is 456 g/mol. The van der Waals surface area contributed by atoms with Crippen LogP contribution >= 0.6 is 0 Å². The Kier molecular flexibility index (Phi) is 9.41. The number of hydrogen-bond donors (Lipinski definition) is 0. The Labute approximate surface area is 200 Å². The third kappa shape index (κ3) is 8.80. The van der Waals surface area contributed by atoms with E-state index < -0.39 is 5.50 Å². The third-order valence-electron chi connectivity index (χ3n) is 6.42. The molecular formula is C26H41BN2O4. The molecule has 0 bridgehead atoms. The summed E-state index contributed by atoms with van der Waals surface area (Å²) >= 11 is 0. The summed E-state index contributed by atoms with van der Waals surface area (Å²) < 4.78 is 17.2. The highest BCUT2D eigenvalue weighted by Gasteiger charge is 2.38. The van der Waals surface area contributed by atoms with E-state index in [9.17, 15) is 4.79 Å². The molecule has 1 spiro atoms. The van der Waals surface area contributed by atoms with Crippen molar-refractivity contribution in [2.45, 2.75) is 57.1 Å². The van der Waals surface area contributed by atoms with Crippen molar-refractivity contribution in [3.05, 3.63) is 48.2 Å². The minimum Gasteiger partial charge on any atom is -0.469 e. The molecule has 0 aliphatic carbocycles. The van der Waals surface area contributed by atoms with Crippen molar-refractivity contribution in [3.8, 4) is 0 Å². The van der Waals surface area contributed by atoms with Crippen LogP contribution in [0, 0.1) is 0 Å². The first-order valence-corrected chi connectivity index (χ1v) is 12.4. The summed E-state index contributed by atoms with van der Waals surface area (Å²) in [6, 6.07) is 8.78. The van der Waals surface area contributed by atoms with E-state index in [1.807, 2.05) is 27.9 Å². The van der Waals surface area contributed by atoms with Gasteiger partial charge in [0.1, 0.15) is 0 Å². The van der Waals surface area contributed by atoms with Crippen LogP contribution in [0.25, 0.3) is 0 Å². The lowest BCUT2D eigenvalue weighted by atomic mass is 9.86. The number of likely N-dealkylation sites (tertiary alicyclic amines) is 1. The molecule has 2 fully saturated rings. The number of esters is 1. The lowest BCUT2D eigenvalue weighted by Crippen LogP contribution is -2.55. The van der Waals surface area contributed by atoms with Gasteiger partial charge in [-0.15, -0.1) is 0 Å². The fraction of sp³-hybridized carbons (Fsp3) is 0.654. The van der Waals surface area contributed by atoms with Gasteiger partial charge in [0.05, 0.1) is 37.3 Å². The molecule has 2 heterocycles. The zero-order valence-electron chi connectivity index (χ0n) is 20.8. The predicted molar refractivity (Wildman–Crippen MR) is 134 cm³/mol. The summed E-state index contributed by atoms with van der Waals surface area (Å²) in [6.07, 6.45) is 6.35. The van der Waals surface area contributed by atoms with Crippen LogP contribution in [0.1, 0.15) is 44.2 Å². The normalized spacial score (nSPS) is 18.9. The summed E-state index contributed by atoms with van der Waals surface area (Å²) in [5.74, 6) is -0.207. The Bertz CT molecular complexity index is 772. The van der Waals surface area contributed by atoms with Crippen LogP contribution in [0.3, 0.4) is 0 Å². The zero-order valence-corrected chi connectivity index (χ0v) is 20.8. The highest BCUT2D eigenvalue weighted by Crippen LogP contribution is 2.30. The lowest BCUT2D eigenvalue weighted by molar-refractivity contribution is -0.151. The molecule has 1 aromatic carbocycles. The van der Waals surface area contributed by atoms with Crippen LogP contribution < -0.4 is 0 Å². The van der Waals surface area contributed by atoms with Crippen LogP contribution in [-0.4, -0.2) is 87.3 Å². The van der Waals surface area contributed by atoms with E-state index in [0.717, 1.165) is 65.0 Å². The first kappa shape index (κ1) is 25.8. The number of hydrogen-bond acceptors (Lipinski definition) is 6. The van der Waals surface area contributed by atoms with E-state index in [1.165, 1.54) is 11.1 Å². The Morgan fingerprint density at radius 3 is 2.64 bits per heavy atom. The van der Waals surface area contributed by atoms with E-state index in [2.05, 4.69) is 40.6 Å². The number of piperidine rings is 1. The van der Waals surface area contributed by atoms with Crippen molar-refractivity contribution < 1.29 is 19.0 Å². The Morgan fingerprint density at radius 2 is 1.94 bits per heavy atom. The number of carbonyl (C=O) groups is 1. The number of morpholine rings is 1. The smallest absolute Gasteiger partial charge is 0.307 e. The monoisotopic (exact) mass is 456 g/mol. The molecule has 0 amide bonds. The van der Waals surface area contributed by atoms with Gasteiger partial charge in [0, 0.05) is 32.7 Å². The topological polar surface area (TPSA) is 51.2 Å². The van der Waals surface area contributed by atoms with E-state index in [-0.39, 0.29) is 11.6 Å². The molecule has 2 saturated heterocycles. The number of rotatable bonds is 11. The van der Waals surface area contributed by atoms with Gasteiger partial charge >= 0.3 is 5.97 Å².